The number of rotatable bonds is 5. The number of benzene rings is 2. The number of nitrogens with one attached hydrogen (secondary N) is 1. The Bertz CT molecular complexity index is 1080. The SMILES string of the molecule is O=c1ccc2cc(F)c(OC[C@@H]3CCCN3c3ccc([N+](=O)[O-])cc3)cc2[nH]1. The summed E-state index contributed by atoms with van der Waals surface area (Å²) in [6.07, 6.45) is 1.83. The van der Waals surface area contributed by atoms with Gasteiger partial charge in [0.15, 0.2) is 11.6 Å². The highest BCUT2D eigenvalue weighted by molar-refractivity contribution is 5.79. The number of nitro benzene ring substituents is 1. The summed E-state index contributed by atoms with van der Waals surface area (Å²) in [5.41, 5.74) is 1.18. The molecule has 0 amide bonds. The standard InChI is InChI=1S/C20H18FN3O4/c21-17-10-13-3-8-20(25)22-18(13)11-19(17)28-12-16-2-1-9-23(16)14-4-6-15(7-5-14)24(26)27/h3-8,10-11,16H,1-2,9,12H2,(H,22,25)/t16-/m0/s1. The average molecular weight is 383 g/mol. The highest BCUT2D eigenvalue weighted by Crippen LogP contribution is 2.29. The zero-order valence-corrected chi connectivity index (χ0v) is 14.9. The fourth-order valence-electron chi connectivity index (χ4n) is 3.57. The molecule has 3 aromatic rings. The number of H-pyrrole nitrogens is 1. The van der Waals surface area contributed by atoms with Gasteiger partial charge in [0.1, 0.15) is 6.61 Å². The Labute approximate surface area is 159 Å². The quantitative estimate of drug-likeness (QED) is 0.537. The molecule has 1 saturated heterocycles. The smallest absolute Gasteiger partial charge is 0.269 e. The van der Waals surface area contributed by atoms with Gasteiger partial charge in [-0.2, -0.15) is 0 Å². The minimum Gasteiger partial charge on any atom is -0.488 e. The number of anilines is 1. The molecule has 1 aromatic heterocycles. The topological polar surface area (TPSA) is 88.5 Å². The molecule has 0 unspecified atom stereocenters. The predicted octanol–water partition coefficient (Wildman–Crippen LogP) is 3.62. The number of fused-ring (bicyclic) bond motifs is 1. The van der Waals surface area contributed by atoms with E-state index < -0.39 is 10.7 Å². The molecular weight excluding hydrogens is 365 g/mol. The van der Waals surface area contributed by atoms with E-state index in [2.05, 4.69) is 9.88 Å². The van der Waals surface area contributed by atoms with Crippen molar-refractivity contribution in [1.82, 2.24) is 4.98 Å². The second-order valence-corrected chi connectivity index (χ2v) is 6.77. The van der Waals surface area contributed by atoms with Crippen molar-refractivity contribution < 1.29 is 14.1 Å². The lowest BCUT2D eigenvalue weighted by Crippen LogP contribution is -2.34. The predicted molar refractivity (Wildman–Crippen MR) is 103 cm³/mol. The van der Waals surface area contributed by atoms with E-state index in [0.717, 1.165) is 25.1 Å². The molecule has 2 aromatic carbocycles. The molecular formula is C20H18FN3O4. The van der Waals surface area contributed by atoms with Crippen molar-refractivity contribution in [3.8, 4) is 5.75 Å². The summed E-state index contributed by atoms with van der Waals surface area (Å²) in [5, 5.41) is 11.4. The molecule has 0 spiro atoms. The maximum atomic E-state index is 14.3. The Balaban J connectivity index is 1.50. The number of nitro groups is 1. The van der Waals surface area contributed by atoms with Gasteiger partial charge >= 0.3 is 0 Å². The van der Waals surface area contributed by atoms with Crippen molar-refractivity contribution in [2.24, 2.45) is 0 Å². The molecule has 28 heavy (non-hydrogen) atoms. The first-order chi connectivity index (χ1) is 13.5. The Kier molecular flexibility index (Phi) is 4.68. The molecule has 1 fully saturated rings. The molecule has 7 nitrogen and oxygen atoms in total. The summed E-state index contributed by atoms with van der Waals surface area (Å²) in [6.45, 7) is 1.08. The molecule has 144 valence electrons. The summed E-state index contributed by atoms with van der Waals surface area (Å²) in [4.78, 5) is 26.6. The van der Waals surface area contributed by atoms with Crippen molar-refractivity contribution in [1.29, 1.82) is 0 Å². The van der Waals surface area contributed by atoms with E-state index in [0.29, 0.717) is 10.9 Å². The summed E-state index contributed by atoms with van der Waals surface area (Å²) in [7, 11) is 0. The molecule has 8 heteroatoms. The van der Waals surface area contributed by atoms with Crippen LogP contribution in [0.25, 0.3) is 10.9 Å². The highest BCUT2D eigenvalue weighted by Gasteiger charge is 2.26. The minimum atomic E-state index is -0.487. The van der Waals surface area contributed by atoms with Crippen LogP contribution in [0.2, 0.25) is 0 Å². The Morgan fingerprint density at radius 3 is 2.75 bits per heavy atom. The minimum absolute atomic E-state index is 0.0337. The monoisotopic (exact) mass is 383 g/mol. The van der Waals surface area contributed by atoms with Crippen LogP contribution in [0.1, 0.15) is 12.8 Å². The summed E-state index contributed by atoms with van der Waals surface area (Å²) >= 11 is 0. The van der Waals surface area contributed by atoms with E-state index in [-0.39, 0.29) is 29.6 Å². The van der Waals surface area contributed by atoms with Gasteiger partial charge < -0.3 is 14.6 Å². The zero-order valence-electron chi connectivity index (χ0n) is 14.9. The molecule has 1 aliphatic rings. The van der Waals surface area contributed by atoms with Gasteiger partial charge in [-0.3, -0.25) is 14.9 Å². The van der Waals surface area contributed by atoms with E-state index in [1.165, 1.54) is 30.3 Å². The third kappa shape index (κ3) is 3.53. The van der Waals surface area contributed by atoms with Crippen LogP contribution in [0.15, 0.2) is 53.3 Å². The number of aromatic nitrogens is 1. The maximum Gasteiger partial charge on any atom is 0.269 e. The Morgan fingerprint density at radius 1 is 1.21 bits per heavy atom. The van der Waals surface area contributed by atoms with Crippen LogP contribution in [0.4, 0.5) is 15.8 Å². The Hall–Kier alpha value is -3.42. The first-order valence-electron chi connectivity index (χ1n) is 8.98. The van der Waals surface area contributed by atoms with Crippen LogP contribution in [0.3, 0.4) is 0 Å². The van der Waals surface area contributed by atoms with Crippen LogP contribution in [0.5, 0.6) is 5.75 Å². The van der Waals surface area contributed by atoms with Crippen molar-refractivity contribution in [3.05, 3.63) is 74.8 Å². The molecule has 1 aliphatic heterocycles. The van der Waals surface area contributed by atoms with Gasteiger partial charge in [-0.15, -0.1) is 0 Å². The third-order valence-corrected chi connectivity index (χ3v) is 4.98. The van der Waals surface area contributed by atoms with Gasteiger partial charge in [0, 0.05) is 41.9 Å². The summed E-state index contributed by atoms with van der Waals surface area (Å²) < 4.78 is 20.1. The zero-order chi connectivity index (χ0) is 19.7. The van der Waals surface area contributed by atoms with Gasteiger partial charge in [-0.25, -0.2) is 4.39 Å². The van der Waals surface area contributed by atoms with Crippen LogP contribution >= 0.6 is 0 Å². The molecule has 1 atom stereocenters. The lowest BCUT2D eigenvalue weighted by Gasteiger charge is -2.26. The van der Waals surface area contributed by atoms with Crippen molar-refractivity contribution in [2.45, 2.75) is 18.9 Å². The lowest BCUT2D eigenvalue weighted by atomic mass is 10.2. The maximum absolute atomic E-state index is 14.3. The fourth-order valence-corrected chi connectivity index (χ4v) is 3.57. The second kappa shape index (κ2) is 7.30. The van der Waals surface area contributed by atoms with Crippen LogP contribution in [-0.2, 0) is 0 Å². The first-order valence-corrected chi connectivity index (χ1v) is 8.98. The number of ether oxygens (including phenoxy) is 1. The van der Waals surface area contributed by atoms with Crippen molar-refractivity contribution in [3.63, 3.8) is 0 Å². The molecule has 0 radical (unpaired) electrons. The van der Waals surface area contributed by atoms with Crippen molar-refractivity contribution in [2.75, 3.05) is 18.1 Å². The van der Waals surface area contributed by atoms with E-state index >= 15 is 0 Å². The number of pyridine rings is 1. The molecule has 0 saturated carbocycles. The second-order valence-electron chi connectivity index (χ2n) is 6.77. The largest absolute Gasteiger partial charge is 0.488 e. The van der Waals surface area contributed by atoms with Crippen LogP contribution in [-0.4, -0.2) is 29.1 Å². The number of halogens is 1. The normalized spacial score (nSPS) is 16.5. The lowest BCUT2D eigenvalue weighted by molar-refractivity contribution is -0.384. The molecule has 0 bridgehead atoms. The molecule has 0 aliphatic carbocycles. The van der Waals surface area contributed by atoms with Gasteiger partial charge in [-0.05, 0) is 37.1 Å². The summed E-state index contributed by atoms with van der Waals surface area (Å²) in [6, 6.07) is 12.2. The van der Waals surface area contributed by atoms with Gasteiger partial charge in [-0.1, -0.05) is 0 Å². The van der Waals surface area contributed by atoms with Gasteiger partial charge in [0.2, 0.25) is 5.56 Å². The van der Waals surface area contributed by atoms with E-state index in [1.54, 1.807) is 18.2 Å². The van der Waals surface area contributed by atoms with E-state index in [9.17, 15) is 19.3 Å². The fraction of sp³-hybridized carbons (Fsp3) is 0.250. The number of aromatic amines is 1. The number of hydrogen-bond acceptors (Lipinski definition) is 5. The molecule has 1 N–H and O–H groups in total. The first kappa shape index (κ1) is 18.0. The van der Waals surface area contributed by atoms with Crippen LogP contribution in [0, 0.1) is 15.9 Å². The van der Waals surface area contributed by atoms with Gasteiger partial charge in [0.05, 0.1) is 16.5 Å². The molecule has 2 heterocycles. The number of nitrogens with zero attached hydrogens (tertiary/aromatic N) is 2. The van der Waals surface area contributed by atoms with Gasteiger partial charge in [0.25, 0.3) is 5.69 Å². The average Bonchev–Trinajstić information content (AvgIpc) is 3.15. The van der Waals surface area contributed by atoms with E-state index in [4.69, 9.17) is 4.74 Å². The van der Waals surface area contributed by atoms with Crippen LogP contribution < -0.4 is 15.2 Å². The third-order valence-electron chi connectivity index (χ3n) is 4.98. The summed E-state index contributed by atoms with van der Waals surface area (Å²) in [5.74, 6) is -0.399. The van der Waals surface area contributed by atoms with Crippen molar-refractivity contribution >= 4 is 22.3 Å². The highest BCUT2D eigenvalue weighted by atomic mass is 19.1. The Morgan fingerprint density at radius 2 is 2.00 bits per heavy atom. The number of non-ortho nitro benzene ring substituents is 1. The molecule has 4 rings (SSSR count). The van der Waals surface area contributed by atoms with E-state index in [1.807, 2.05) is 0 Å². The number of hydrogen-bond donors (Lipinski definition) is 1.